The summed E-state index contributed by atoms with van der Waals surface area (Å²) in [6.07, 6.45) is 0. The number of methoxy groups -OCH3 is 1. The summed E-state index contributed by atoms with van der Waals surface area (Å²) >= 11 is 2.55. The molecule has 0 saturated heterocycles. The van der Waals surface area contributed by atoms with Gasteiger partial charge in [-0.1, -0.05) is 36.0 Å². The molecule has 0 aliphatic carbocycles. The molecule has 0 bridgehead atoms. The maximum Gasteiger partial charge on any atom is 0.272 e. The van der Waals surface area contributed by atoms with Gasteiger partial charge in [-0.2, -0.15) is 0 Å². The van der Waals surface area contributed by atoms with Gasteiger partial charge in [0.2, 0.25) is 5.91 Å². The van der Waals surface area contributed by atoms with Crippen LogP contribution in [0, 0.1) is 0 Å². The molecule has 0 aliphatic rings. The summed E-state index contributed by atoms with van der Waals surface area (Å²) in [7, 11) is 1.60. The van der Waals surface area contributed by atoms with E-state index >= 15 is 0 Å². The van der Waals surface area contributed by atoms with E-state index in [2.05, 4.69) is 10.3 Å². The van der Waals surface area contributed by atoms with Gasteiger partial charge in [0.15, 0.2) is 10.9 Å². The largest absolute Gasteiger partial charge is 0.497 e. The van der Waals surface area contributed by atoms with Crippen LogP contribution in [-0.4, -0.2) is 34.1 Å². The SMILES string of the molecule is COc1ccc(Cn2c(SCC(=O)Nc3cccc(C(C)=O)c3)nc3ccsc3c2=O)cc1. The summed E-state index contributed by atoms with van der Waals surface area (Å²) in [5.74, 6) is 0.473. The summed E-state index contributed by atoms with van der Waals surface area (Å²) in [6.45, 7) is 1.80. The summed E-state index contributed by atoms with van der Waals surface area (Å²) in [6, 6.07) is 16.1. The van der Waals surface area contributed by atoms with Crippen LogP contribution in [0.4, 0.5) is 5.69 Å². The Morgan fingerprint density at radius 3 is 2.67 bits per heavy atom. The maximum absolute atomic E-state index is 13.1. The van der Waals surface area contributed by atoms with Crippen LogP contribution in [0.1, 0.15) is 22.8 Å². The molecule has 0 atom stereocenters. The Labute approximate surface area is 198 Å². The number of thiophene rings is 1. The molecule has 2 aromatic heterocycles. The molecule has 0 radical (unpaired) electrons. The highest BCUT2D eigenvalue weighted by molar-refractivity contribution is 7.99. The minimum absolute atomic E-state index is 0.0645. The number of fused-ring (bicyclic) bond motifs is 1. The molecular weight excluding hydrogens is 458 g/mol. The first-order valence-electron chi connectivity index (χ1n) is 10.1. The molecule has 33 heavy (non-hydrogen) atoms. The van der Waals surface area contributed by atoms with E-state index in [1.165, 1.54) is 30.0 Å². The highest BCUT2D eigenvalue weighted by Crippen LogP contribution is 2.23. The Bertz CT molecular complexity index is 1380. The normalized spacial score (nSPS) is 10.8. The first kappa shape index (κ1) is 22.8. The van der Waals surface area contributed by atoms with Crippen LogP contribution in [0.25, 0.3) is 10.2 Å². The van der Waals surface area contributed by atoms with E-state index in [1.807, 2.05) is 29.6 Å². The van der Waals surface area contributed by atoms with Crippen LogP contribution in [0.3, 0.4) is 0 Å². The first-order chi connectivity index (χ1) is 15.9. The van der Waals surface area contributed by atoms with Gasteiger partial charge in [0.1, 0.15) is 10.4 Å². The number of amides is 1. The minimum atomic E-state index is -0.253. The van der Waals surface area contributed by atoms with Crippen molar-refractivity contribution in [1.82, 2.24) is 9.55 Å². The van der Waals surface area contributed by atoms with Gasteiger partial charge in [0.25, 0.3) is 5.56 Å². The number of hydrogen-bond acceptors (Lipinski definition) is 7. The molecule has 4 rings (SSSR count). The van der Waals surface area contributed by atoms with Crippen molar-refractivity contribution in [2.24, 2.45) is 0 Å². The number of anilines is 1. The molecule has 0 unspecified atom stereocenters. The van der Waals surface area contributed by atoms with Crippen molar-refractivity contribution in [1.29, 1.82) is 0 Å². The Morgan fingerprint density at radius 1 is 1.15 bits per heavy atom. The number of ketones is 1. The second-order valence-electron chi connectivity index (χ2n) is 7.24. The monoisotopic (exact) mass is 479 g/mol. The van der Waals surface area contributed by atoms with Gasteiger partial charge in [0, 0.05) is 11.3 Å². The predicted octanol–water partition coefficient (Wildman–Crippen LogP) is 4.45. The number of Topliss-reactive ketones (excluding diaryl/α,β-unsaturated/α-hetero) is 1. The van der Waals surface area contributed by atoms with Crippen LogP contribution >= 0.6 is 23.1 Å². The fraction of sp³-hybridized carbons (Fsp3) is 0.167. The smallest absolute Gasteiger partial charge is 0.272 e. The van der Waals surface area contributed by atoms with Gasteiger partial charge in [0.05, 0.1) is 24.9 Å². The van der Waals surface area contributed by atoms with E-state index in [4.69, 9.17) is 4.74 Å². The molecule has 0 fully saturated rings. The molecule has 0 spiro atoms. The first-order valence-corrected chi connectivity index (χ1v) is 12.0. The zero-order valence-corrected chi connectivity index (χ0v) is 19.7. The number of benzene rings is 2. The molecule has 9 heteroatoms. The molecule has 2 heterocycles. The number of rotatable bonds is 8. The summed E-state index contributed by atoms with van der Waals surface area (Å²) < 4.78 is 7.38. The lowest BCUT2D eigenvalue weighted by Crippen LogP contribution is -2.24. The highest BCUT2D eigenvalue weighted by Gasteiger charge is 2.15. The van der Waals surface area contributed by atoms with Gasteiger partial charge in [-0.25, -0.2) is 4.98 Å². The average Bonchev–Trinajstić information content (AvgIpc) is 3.29. The summed E-state index contributed by atoms with van der Waals surface area (Å²) in [5.41, 5.74) is 2.47. The van der Waals surface area contributed by atoms with Gasteiger partial charge < -0.3 is 10.1 Å². The quantitative estimate of drug-likeness (QED) is 0.228. The maximum atomic E-state index is 13.1. The Morgan fingerprint density at radius 2 is 1.94 bits per heavy atom. The summed E-state index contributed by atoms with van der Waals surface area (Å²) in [5, 5.41) is 5.10. The molecule has 0 aliphatic heterocycles. The number of nitrogens with one attached hydrogen (secondary N) is 1. The average molecular weight is 480 g/mol. The van der Waals surface area contributed by atoms with E-state index in [1.54, 1.807) is 42.0 Å². The Balaban J connectivity index is 1.55. The van der Waals surface area contributed by atoms with Crippen molar-refractivity contribution >= 4 is 50.7 Å². The number of hydrogen-bond donors (Lipinski definition) is 1. The fourth-order valence-corrected chi connectivity index (χ4v) is 4.81. The Hall–Kier alpha value is -3.43. The van der Waals surface area contributed by atoms with Crippen molar-refractivity contribution in [3.63, 3.8) is 0 Å². The molecule has 1 N–H and O–H groups in total. The van der Waals surface area contributed by atoms with Crippen molar-refractivity contribution < 1.29 is 14.3 Å². The van der Waals surface area contributed by atoms with Gasteiger partial charge in [-0.05, 0) is 48.2 Å². The fourth-order valence-electron chi connectivity index (χ4n) is 3.23. The number of nitrogens with zero attached hydrogens (tertiary/aromatic N) is 2. The van der Waals surface area contributed by atoms with Crippen LogP contribution in [0.2, 0.25) is 0 Å². The molecule has 2 aromatic carbocycles. The van der Waals surface area contributed by atoms with Crippen molar-refractivity contribution in [3.8, 4) is 5.75 Å². The van der Waals surface area contributed by atoms with Crippen LogP contribution < -0.4 is 15.6 Å². The number of carbonyl (C=O) groups excluding carboxylic acids is 2. The molecule has 7 nitrogen and oxygen atoms in total. The van der Waals surface area contributed by atoms with E-state index in [9.17, 15) is 14.4 Å². The lowest BCUT2D eigenvalue weighted by molar-refractivity contribution is -0.113. The summed E-state index contributed by atoms with van der Waals surface area (Å²) in [4.78, 5) is 41.9. The van der Waals surface area contributed by atoms with Gasteiger partial charge in [-0.15, -0.1) is 11.3 Å². The van der Waals surface area contributed by atoms with Crippen molar-refractivity contribution in [3.05, 3.63) is 81.5 Å². The predicted molar refractivity (Wildman–Crippen MR) is 132 cm³/mol. The minimum Gasteiger partial charge on any atom is -0.497 e. The highest BCUT2D eigenvalue weighted by atomic mass is 32.2. The third-order valence-corrected chi connectivity index (χ3v) is 6.78. The standard InChI is InChI=1S/C24H21N3O4S2/c1-15(28)17-4-3-5-18(12-17)25-21(29)14-33-24-26-20-10-11-32-22(20)23(30)27(24)13-16-6-8-19(31-2)9-7-16/h3-12H,13-14H2,1-2H3,(H,25,29). The number of aromatic nitrogens is 2. The lowest BCUT2D eigenvalue weighted by Gasteiger charge is -2.13. The zero-order valence-electron chi connectivity index (χ0n) is 18.0. The zero-order chi connectivity index (χ0) is 23.4. The van der Waals surface area contributed by atoms with Gasteiger partial charge >= 0.3 is 0 Å². The Kier molecular flexibility index (Phi) is 6.90. The topological polar surface area (TPSA) is 90.3 Å². The lowest BCUT2D eigenvalue weighted by atomic mass is 10.1. The number of ether oxygens (including phenoxy) is 1. The molecule has 0 saturated carbocycles. The molecule has 168 valence electrons. The van der Waals surface area contributed by atoms with Crippen LogP contribution in [-0.2, 0) is 11.3 Å². The number of carbonyl (C=O) groups is 2. The molecule has 4 aromatic rings. The third-order valence-electron chi connectivity index (χ3n) is 4.92. The third kappa shape index (κ3) is 5.32. The van der Waals surface area contributed by atoms with Crippen LogP contribution in [0.5, 0.6) is 5.75 Å². The van der Waals surface area contributed by atoms with Crippen molar-refractivity contribution in [2.45, 2.75) is 18.6 Å². The second-order valence-corrected chi connectivity index (χ2v) is 9.10. The van der Waals surface area contributed by atoms with Crippen molar-refractivity contribution in [2.75, 3.05) is 18.2 Å². The second kappa shape index (κ2) is 10.0. The van der Waals surface area contributed by atoms with Crippen LogP contribution in [0.15, 0.2) is 69.9 Å². The molecule has 1 amide bonds. The molecular formula is C24H21N3O4S2. The van der Waals surface area contributed by atoms with E-state index in [0.29, 0.717) is 33.2 Å². The number of thioether (sulfide) groups is 1. The van der Waals surface area contributed by atoms with Gasteiger partial charge in [-0.3, -0.25) is 19.0 Å². The van der Waals surface area contributed by atoms with E-state index < -0.39 is 0 Å². The van der Waals surface area contributed by atoms with E-state index in [-0.39, 0.29) is 23.0 Å². The van der Waals surface area contributed by atoms with E-state index in [0.717, 1.165) is 11.3 Å².